The van der Waals surface area contributed by atoms with E-state index in [1.807, 2.05) is 13.8 Å². The molecule has 0 saturated carbocycles. The number of benzene rings is 1. The molecule has 1 aromatic carbocycles. The molecule has 2 aliphatic heterocycles. The molecule has 172 valence electrons. The Hall–Kier alpha value is -3.11. The van der Waals surface area contributed by atoms with Crippen molar-refractivity contribution in [3.05, 3.63) is 33.7 Å². The molecule has 2 aliphatic rings. The number of hydrogen-bond acceptors (Lipinski definition) is 10. The molecule has 32 heavy (non-hydrogen) atoms. The Labute approximate surface area is 182 Å². The summed E-state index contributed by atoms with van der Waals surface area (Å²) in [4.78, 5) is 35.8. The molecule has 10 heteroatoms. The highest BCUT2D eigenvalue weighted by Gasteiger charge is 2.59. The molecule has 4 rings (SSSR count). The van der Waals surface area contributed by atoms with E-state index in [0.29, 0.717) is 12.0 Å². The standard InChI is InChI=1S/C22H24O10/c1-6-22(4)18(27-5)16-17(31-21(26)30-16)20(32-22)28-12-8-7-11-14(24)13(10(3)23)19(25)29-15(11)9(12)2/h7-8,16-18,20,24H,6H2,1-5H3. The summed E-state index contributed by atoms with van der Waals surface area (Å²) in [5.74, 6) is -0.781. The molecule has 0 spiro atoms. The zero-order chi connectivity index (χ0) is 23.4. The molecule has 5 atom stereocenters. The maximum Gasteiger partial charge on any atom is 0.509 e. The molecule has 2 aromatic rings. The zero-order valence-corrected chi connectivity index (χ0v) is 18.3. The smallest absolute Gasteiger partial charge is 0.506 e. The molecule has 2 fully saturated rings. The van der Waals surface area contributed by atoms with Gasteiger partial charge in [-0.15, -0.1) is 0 Å². The summed E-state index contributed by atoms with van der Waals surface area (Å²) in [5, 5.41) is 10.6. The molecule has 0 aliphatic carbocycles. The van der Waals surface area contributed by atoms with Crippen LogP contribution in [0.3, 0.4) is 0 Å². The van der Waals surface area contributed by atoms with Crippen LogP contribution in [0.1, 0.15) is 43.1 Å². The van der Waals surface area contributed by atoms with Crippen molar-refractivity contribution in [2.24, 2.45) is 0 Å². The van der Waals surface area contributed by atoms with Crippen molar-refractivity contribution in [1.82, 2.24) is 0 Å². The van der Waals surface area contributed by atoms with E-state index in [4.69, 9.17) is 28.1 Å². The van der Waals surface area contributed by atoms with Gasteiger partial charge in [0.05, 0.1) is 11.0 Å². The van der Waals surface area contributed by atoms with Gasteiger partial charge in [-0.25, -0.2) is 9.59 Å². The number of ether oxygens (including phenoxy) is 5. The van der Waals surface area contributed by atoms with Crippen LogP contribution in [0, 0.1) is 6.92 Å². The fourth-order valence-electron chi connectivity index (χ4n) is 4.26. The van der Waals surface area contributed by atoms with E-state index in [0.717, 1.165) is 0 Å². The first-order chi connectivity index (χ1) is 15.1. The molecule has 1 N–H and O–H groups in total. The summed E-state index contributed by atoms with van der Waals surface area (Å²) in [7, 11) is 1.50. The van der Waals surface area contributed by atoms with Gasteiger partial charge in [0.1, 0.15) is 28.7 Å². The summed E-state index contributed by atoms with van der Waals surface area (Å²) in [6.45, 7) is 6.53. The third-order valence-electron chi connectivity index (χ3n) is 6.14. The lowest BCUT2D eigenvalue weighted by Crippen LogP contribution is -2.63. The minimum Gasteiger partial charge on any atom is -0.506 e. The van der Waals surface area contributed by atoms with Crippen LogP contribution < -0.4 is 10.4 Å². The Balaban J connectivity index is 1.75. The number of carbonyl (C=O) groups is 2. The van der Waals surface area contributed by atoms with Crippen molar-refractivity contribution >= 4 is 22.9 Å². The van der Waals surface area contributed by atoms with E-state index in [9.17, 15) is 19.5 Å². The number of carbonyl (C=O) groups excluding carboxylic acids is 2. The number of hydrogen-bond donors (Lipinski definition) is 1. The molecule has 5 unspecified atom stereocenters. The summed E-state index contributed by atoms with van der Waals surface area (Å²) >= 11 is 0. The first kappa shape index (κ1) is 22.1. The Morgan fingerprint density at radius 2 is 1.91 bits per heavy atom. The number of fused-ring (bicyclic) bond motifs is 2. The molecule has 3 heterocycles. The maximum atomic E-state index is 12.2. The predicted octanol–water partition coefficient (Wildman–Crippen LogP) is 2.83. The quantitative estimate of drug-likeness (QED) is 0.414. The first-order valence-corrected chi connectivity index (χ1v) is 10.2. The van der Waals surface area contributed by atoms with Gasteiger partial charge >= 0.3 is 11.8 Å². The van der Waals surface area contributed by atoms with Crippen molar-refractivity contribution in [3.63, 3.8) is 0 Å². The number of rotatable bonds is 5. The zero-order valence-electron chi connectivity index (χ0n) is 18.3. The molecule has 0 bridgehead atoms. The Morgan fingerprint density at radius 3 is 2.53 bits per heavy atom. The van der Waals surface area contributed by atoms with Crippen molar-refractivity contribution in [2.45, 2.75) is 64.3 Å². The number of aromatic hydroxyl groups is 1. The molecule has 0 radical (unpaired) electrons. The lowest BCUT2D eigenvalue weighted by Gasteiger charge is -2.46. The maximum absolute atomic E-state index is 12.2. The highest BCUT2D eigenvalue weighted by molar-refractivity contribution is 6.02. The van der Waals surface area contributed by atoms with Gasteiger partial charge in [0.25, 0.3) is 0 Å². The van der Waals surface area contributed by atoms with Crippen molar-refractivity contribution < 1.29 is 42.8 Å². The van der Waals surface area contributed by atoms with Crippen LogP contribution in [0.5, 0.6) is 11.5 Å². The molecule has 1 aromatic heterocycles. The monoisotopic (exact) mass is 448 g/mol. The van der Waals surface area contributed by atoms with Gasteiger partial charge in [-0.3, -0.25) is 4.79 Å². The van der Waals surface area contributed by atoms with Gasteiger partial charge in [-0.2, -0.15) is 0 Å². The lowest BCUT2D eigenvalue weighted by atomic mass is 9.86. The van der Waals surface area contributed by atoms with Gasteiger partial charge in [0, 0.05) is 12.7 Å². The van der Waals surface area contributed by atoms with Crippen molar-refractivity contribution in [2.75, 3.05) is 7.11 Å². The van der Waals surface area contributed by atoms with E-state index in [1.165, 1.54) is 20.1 Å². The van der Waals surface area contributed by atoms with Crippen LogP contribution in [0.2, 0.25) is 0 Å². The van der Waals surface area contributed by atoms with E-state index in [2.05, 4.69) is 0 Å². The van der Waals surface area contributed by atoms with Gasteiger partial charge in [0.15, 0.2) is 11.9 Å². The molecular formula is C22H24O10. The van der Waals surface area contributed by atoms with E-state index in [1.54, 1.807) is 13.0 Å². The third kappa shape index (κ3) is 3.30. The van der Waals surface area contributed by atoms with Crippen LogP contribution in [-0.2, 0) is 18.9 Å². The van der Waals surface area contributed by atoms with Crippen LogP contribution in [0.4, 0.5) is 4.79 Å². The largest absolute Gasteiger partial charge is 0.509 e. The SMILES string of the molecule is CCC1(C)OC(Oc2ccc3c(O)c(C(C)=O)c(=O)oc3c2C)C2OC(=O)OC2C1OC. The molecule has 0 amide bonds. The summed E-state index contributed by atoms with van der Waals surface area (Å²) in [6.07, 6.45) is -3.53. The second kappa shape index (κ2) is 7.79. The topological polar surface area (TPSA) is 131 Å². The van der Waals surface area contributed by atoms with Crippen molar-refractivity contribution in [1.29, 1.82) is 0 Å². The molecule has 10 nitrogen and oxygen atoms in total. The van der Waals surface area contributed by atoms with Gasteiger partial charge < -0.3 is 33.2 Å². The average molecular weight is 448 g/mol. The fourth-order valence-corrected chi connectivity index (χ4v) is 4.26. The minimum atomic E-state index is -1.03. The summed E-state index contributed by atoms with van der Waals surface area (Å²) in [5.41, 5.74) is -1.74. The highest BCUT2D eigenvalue weighted by atomic mass is 16.8. The van der Waals surface area contributed by atoms with Gasteiger partial charge in [-0.1, -0.05) is 6.92 Å². The van der Waals surface area contributed by atoms with Gasteiger partial charge in [-0.05, 0) is 39.3 Å². The average Bonchev–Trinajstić information content (AvgIpc) is 3.11. The highest BCUT2D eigenvalue weighted by Crippen LogP contribution is 2.41. The van der Waals surface area contributed by atoms with E-state index < -0.39 is 59.1 Å². The summed E-state index contributed by atoms with van der Waals surface area (Å²) < 4.78 is 33.7. The number of aryl methyl sites for hydroxylation is 1. The Kier molecular flexibility index (Phi) is 5.38. The number of ketones is 1. The van der Waals surface area contributed by atoms with Crippen LogP contribution in [-0.4, -0.2) is 54.4 Å². The lowest BCUT2D eigenvalue weighted by molar-refractivity contribution is -0.289. The van der Waals surface area contributed by atoms with Crippen LogP contribution in [0.15, 0.2) is 21.3 Å². The van der Waals surface area contributed by atoms with Crippen LogP contribution in [0.25, 0.3) is 11.0 Å². The Morgan fingerprint density at radius 1 is 1.22 bits per heavy atom. The second-order valence-electron chi connectivity index (χ2n) is 8.08. The number of methoxy groups -OCH3 is 1. The first-order valence-electron chi connectivity index (χ1n) is 10.2. The van der Waals surface area contributed by atoms with Gasteiger partial charge in [0.2, 0.25) is 12.4 Å². The fraction of sp³-hybridized carbons (Fsp3) is 0.500. The minimum absolute atomic E-state index is 0.0649. The Bertz CT molecular complexity index is 1150. The van der Waals surface area contributed by atoms with Crippen molar-refractivity contribution in [3.8, 4) is 11.5 Å². The van der Waals surface area contributed by atoms with E-state index >= 15 is 0 Å². The van der Waals surface area contributed by atoms with E-state index in [-0.39, 0.29) is 16.7 Å². The molecule has 2 saturated heterocycles. The molecular weight excluding hydrogens is 424 g/mol. The third-order valence-corrected chi connectivity index (χ3v) is 6.14. The predicted molar refractivity (Wildman–Crippen MR) is 109 cm³/mol. The van der Waals surface area contributed by atoms with Crippen LogP contribution >= 0.6 is 0 Å². The normalized spacial score (nSPS) is 29.3. The summed E-state index contributed by atoms with van der Waals surface area (Å²) in [6, 6.07) is 3.01. The number of Topliss-reactive ketones (excluding diaryl/α,β-unsaturated/α-hetero) is 1. The second-order valence-corrected chi connectivity index (χ2v) is 8.08.